The number of aromatic hydroxyl groups is 1. The van der Waals surface area contributed by atoms with E-state index in [9.17, 15) is 5.11 Å². The number of benzene rings is 1. The summed E-state index contributed by atoms with van der Waals surface area (Å²) in [6.07, 6.45) is 10.2. The Morgan fingerprint density at radius 2 is 1.85 bits per heavy atom. The summed E-state index contributed by atoms with van der Waals surface area (Å²) < 4.78 is 0. The topological polar surface area (TPSA) is 32.3 Å². The molecule has 1 aromatic carbocycles. The highest BCUT2D eigenvalue weighted by Gasteiger charge is 2.30. The fourth-order valence-corrected chi connectivity index (χ4v) is 3.28. The molecule has 2 nitrogen and oxygen atoms in total. The molecule has 0 unspecified atom stereocenters. The van der Waals surface area contributed by atoms with Gasteiger partial charge in [-0.25, -0.2) is 0 Å². The minimum atomic E-state index is 0.469. The summed E-state index contributed by atoms with van der Waals surface area (Å²) in [6, 6.07) is 6.73. The van der Waals surface area contributed by atoms with Crippen molar-refractivity contribution in [2.75, 3.05) is 0 Å². The van der Waals surface area contributed by atoms with Crippen molar-refractivity contribution in [3.63, 3.8) is 0 Å². The Bertz CT molecular complexity index is 547. The molecule has 1 aromatic rings. The molecule has 0 aromatic heterocycles. The van der Waals surface area contributed by atoms with E-state index in [0.717, 1.165) is 5.56 Å². The van der Waals surface area contributed by atoms with Crippen LogP contribution in [0.3, 0.4) is 0 Å². The van der Waals surface area contributed by atoms with E-state index in [1.165, 1.54) is 68.2 Å². The Balaban J connectivity index is 1.77. The molecular formula is C18H23NO. The number of phenolic OH excluding ortho intramolecular Hbond substituents is 1. The summed E-state index contributed by atoms with van der Waals surface area (Å²) in [5.41, 5.74) is 5.30. The van der Waals surface area contributed by atoms with Crippen LogP contribution in [0.25, 0.3) is 5.70 Å². The van der Waals surface area contributed by atoms with Crippen LogP contribution in [0.4, 0.5) is 0 Å². The van der Waals surface area contributed by atoms with Gasteiger partial charge in [0.05, 0.1) is 0 Å². The van der Waals surface area contributed by atoms with Gasteiger partial charge in [0.2, 0.25) is 0 Å². The standard InChI is InChI=1S/C18H23NO/c20-16-9-3-8-15(12-4-1-5-12)17(16)18(13-6-2-7-13)19-14-10-11-14/h3,8-9,12,14,19-20H,1-2,4-7,10-11H2. The minimum Gasteiger partial charge on any atom is -0.507 e. The molecule has 3 saturated carbocycles. The summed E-state index contributed by atoms with van der Waals surface area (Å²) in [6.45, 7) is 0. The monoisotopic (exact) mass is 269 g/mol. The highest BCUT2D eigenvalue weighted by molar-refractivity contribution is 5.75. The van der Waals surface area contributed by atoms with E-state index >= 15 is 0 Å². The predicted octanol–water partition coefficient (Wildman–Crippen LogP) is 4.31. The lowest BCUT2D eigenvalue weighted by Crippen LogP contribution is -2.21. The third kappa shape index (κ3) is 2.11. The number of phenols is 1. The molecule has 2 heteroatoms. The first-order valence-corrected chi connectivity index (χ1v) is 8.14. The zero-order chi connectivity index (χ0) is 13.5. The van der Waals surface area contributed by atoms with E-state index in [2.05, 4.69) is 11.4 Å². The van der Waals surface area contributed by atoms with Crippen molar-refractivity contribution >= 4 is 5.70 Å². The molecule has 3 fully saturated rings. The van der Waals surface area contributed by atoms with Crippen LogP contribution in [-0.2, 0) is 0 Å². The van der Waals surface area contributed by atoms with Crippen LogP contribution >= 0.6 is 0 Å². The second kappa shape index (κ2) is 4.83. The van der Waals surface area contributed by atoms with Gasteiger partial charge in [0.25, 0.3) is 0 Å². The zero-order valence-electron chi connectivity index (χ0n) is 12.0. The van der Waals surface area contributed by atoms with Crippen molar-refractivity contribution in [1.82, 2.24) is 5.32 Å². The van der Waals surface area contributed by atoms with Gasteiger partial charge in [-0.1, -0.05) is 18.6 Å². The summed E-state index contributed by atoms with van der Waals surface area (Å²) in [4.78, 5) is 0. The first-order chi connectivity index (χ1) is 9.83. The Hall–Kier alpha value is -1.44. The van der Waals surface area contributed by atoms with Crippen LogP contribution < -0.4 is 5.32 Å². The lowest BCUT2D eigenvalue weighted by atomic mass is 9.76. The van der Waals surface area contributed by atoms with Gasteiger partial charge in [-0.05, 0) is 68.1 Å². The smallest absolute Gasteiger partial charge is 0.125 e. The predicted molar refractivity (Wildman–Crippen MR) is 81.6 cm³/mol. The molecule has 0 heterocycles. The van der Waals surface area contributed by atoms with Gasteiger partial charge in [0.15, 0.2) is 0 Å². The largest absolute Gasteiger partial charge is 0.507 e. The van der Waals surface area contributed by atoms with Crippen molar-refractivity contribution in [2.24, 2.45) is 0 Å². The zero-order valence-corrected chi connectivity index (χ0v) is 12.0. The van der Waals surface area contributed by atoms with Crippen molar-refractivity contribution in [1.29, 1.82) is 0 Å². The third-order valence-electron chi connectivity index (χ3n) is 5.11. The van der Waals surface area contributed by atoms with E-state index in [1.54, 1.807) is 0 Å². The van der Waals surface area contributed by atoms with E-state index in [-0.39, 0.29) is 0 Å². The third-order valence-corrected chi connectivity index (χ3v) is 5.11. The lowest BCUT2D eigenvalue weighted by Gasteiger charge is -2.31. The number of rotatable bonds is 4. The van der Waals surface area contributed by atoms with E-state index in [4.69, 9.17) is 0 Å². The molecule has 0 spiro atoms. The summed E-state index contributed by atoms with van der Waals surface area (Å²) in [7, 11) is 0. The molecule has 0 amide bonds. The van der Waals surface area contributed by atoms with Gasteiger partial charge < -0.3 is 10.4 Å². The highest BCUT2D eigenvalue weighted by Crippen LogP contribution is 2.45. The van der Waals surface area contributed by atoms with Gasteiger partial charge in [0, 0.05) is 17.3 Å². The first-order valence-electron chi connectivity index (χ1n) is 8.14. The quantitative estimate of drug-likeness (QED) is 0.853. The maximum absolute atomic E-state index is 10.5. The molecule has 4 rings (SSSR count). The van der Waals surface area contributed by atoms with E-state index < -0.39 is 0 Å². The second-order valence-corrected chi connectivity index (χ2v) is 6.62. The molecule has 0 bridgehead atoms. The van der Waals surface area contributed by atoms with Gasteiger partial charge in [-0.2, -0.15) is 0 Å². The molecule has 3 aliphatic rings. The maximum atomic E-state index is 10.5. The molecule has 3 aliphatic carbocycles. The highest BCUT2D eigenvalue weighted by atomic mass is 16.3. The summed E-state index contributed by atoms with van der Waals surface area (Å²) >= 11 is 0. The summed E-state index contributed by atoms with van der Waals surface area (Å²) in [5.74, 6) is 1.13. The maximum Gasteiger partial charge on any atom is 0.125 e. The van der Waals surface area contributed by atoms with Gasteiger partial charge in [-0.15, -0.1) is 0 Å². The van der Waals surface area contributed by atoms with Crippen molar-refractivity contribution in [3.8, 4) is 5.75 Å². The van der Waals surface area contributed by atoms with E-state index in [1.807, 2.05) is 12.1 Å². The normalized spacial score (nSPS) is 22.1. The van der Waals surface area contributed by atoms with Crippen LogP contribution in [-0.4, -0.2) is 11.1 Å². The molecule has 0 atom stereocenters. The van der Waals surface area contributed by atoms with Crippen LogP contribution in [0.1, 0.15) is 68.4 Å². The Morgan fingerprint density at radius 3 is 2.40 bits per heavy atom. The SMILES string of the molecule is Oc1cccc(C2CCC2)c1C(NC1CC1)=C1CCC1. The minimum absolute atomic E-state index is 0.469. The number of allylic oxidation sites excluding steroid dienone is 1. The Morgan fingerprint density at radius 1 is 1.05 bits per heavy atom. The van der Waals surface area contributed by atoms with Gasteiger partial charge in [-0.3, -0.25) is 0 Å². The van der Waals surface area contributed by atoms with Crippen LogP contribution in [0.2, 0.25) is 0 Å². The van der Waals surface area contributed by atoms with Crippen LogP contribution in [0, 0.1) is 0 Å². The fraction of sp³-hybridized carbons (Fsp3) is 0.556. The lowest BCUT2D eigenvalue weighted by molar-refractivity contribution is 0.414. The molecule has 20 heavy (non-hydrogen) atoms. The summed E-state index contributed by atoms with van der Waals surface area (Å²) in [5, 5.41) is 14.2. The molecular weight excluding hydrogens is 246 g/mol. The Kier molecular flexibility index (Phi) is 2.98. The van der Waals surface area contributed by atoms with Crippen molar-refractivity contribution < 1.29 is 5.11 Å². The Labute approximate surface area is 120 Å². The first kappa shape index (κ1) is 12.3. The molecule has 0 aliphatic heterocycles. The second-order valence-electron chi connectivity index (χ2n) is 6.62. The molecule has 0 radical (unpaired) electrons. The average Bonchev–Trinajstić information content (AvgIpc) is 3.08. The number of nitrogens with one attached hydrogen (secondary N) is 1. The molecule has 2 N–H and O–H groups in total. The van der Waals surface area contributed by atoms with Gasteiger partial charge in [0.1, 0.15) is 5.75 Å². The fourth-order valence-electron chi connectivity index (χ4n) is 3.28. The van der Waals surface area contributed by atoms with Crippen LogP contribution in [0.5, 0.6) is 5.75 Å². The number of hydrogen-bond donors (Lipinski definition) is 2. The molecule has 106 valence electrons. The molecule has 0 saturated heterocycles. The van der Waals surface area contributed by atoms with Crippen molar-refractivity contribution in [3.05, 3.63) is 34.9 Å². The number of hydrogen-bond acceptors (Lipinski definition) is 2. The van der Waals surface area contributed by atoms with E-state index in [0.29, 0.717) is 17.7 Å². The van der Waals surface area contributed by atoms with Crippen molar-refractivity contribution in [2.45, 2.75) is 63.3 Å². The van der Waals surface area contributed by atoms with Crippen LogP contribution in [0.15, 0.2) is 23.8 Å². The van der Waals surface area contributed by atoms with Gasteiger partial charge >= 0.3 is 0 Å². The average molecular weight is 269 g/mol.